The van der Waals surface area contributed by atoms with Crippen LogP contribution < -0.4 is 10.6 Å². The van der Waals surface area contributed by atoms with Crippen LogP contribution in [0.3, 0.4) is 0 Å². The van der Waals surface area contributed by atoms with E-state index in [-0.39, 0.29) is 5.69 Å². The Morgan fingerprint density at radius 1 is 0.955 bits per heavy atom. The zero-order chi connectivity index (χ0) is 16.1. The van der Waals surface area contributed by atoms with E-state index in [1.165, 1.54) is 24.3 Å². The normalized spacial score (nSPS) is 9.86. The minimum Gasteiger partial charge on any atom is -0.318 e. The lowest BCUT2D eigenvalue weighted by Crippen LogP contribution is -2.29. The van der Waals surface area contributed by atoms with Crippen LogP contribution in [0.4, 0.5) is 17.1 Å². The number of halogens is 1. The van der Waals surface area contributed by atoms with Crippen molar-refractivity contribution in [1.82, 2.24) is 0 Å². The first-order valence-corrected chi connectivity index (χ1v) is 6.87. The molecule has 0 aromatic heterocycles. The quantitative estimate of drug-likeness (QED) is 0.497. The third-order valence-corrected chi connectivity index (χ3v) is 3.12. The number of benzene rings is 2. The van der Waals surface area contributed by atoms with Crippen LogP contribution in [0.5, 0.6) is 0 Å². The first-order chi connectivity index (χ1) is 10.5. The van der Waals surface area contributed by atoms with E-state index < -0.39 is 16.7 Å². The largest absolute Gasteiger partial charge is 0.318 e. The molecule has 2 aromatic carbocycles. The molecule has 7 nitrogen and oxygen atoms in total. The molecule has 0 bridgehead atoms. The van der Waals surface area contributed by atoms with Gasteiger partial charge in [-0.2, -0.15) is 0 Å². The number of carbonyl (C=O) groups is 2. The molecule has 2 N–H and O–H groups in total. The Morgan fingerprint density at radius 3 is 2.09 bits per heavy atom. The smallest absolute Gasteiger partial charge is 0.314 e. The Kier molecular flexibility index (Phi) is 4.84. The summed E-state index contributed by atoms with van der Waals surface area (Å²) in [5, 5.41) is 15.3. The molecule has 0 atom stereocenters. The highest BCUT2D eigenvalue weighted by atomic mass is 79.9. The highest BCUT2D eigenvalue weighted by molar-refractivity contribution is 9.10. The van der Waals surface area contributed by atoms with Gasteiger partial charge in [0.1, 0.15) is 0 Å². The third-order valence-electron chi connectivity index (χ3n) is 2.62. The van der Waals surface area contributed by atoms with E-state index in [0.29, 0.717) is 11.4 Å². The molecule has 112 valence electrons. The Labute approximate surface area is 133 Å². The second kappa shape index (κ2) is 6.81. The first kappa shape index (κ1) is 15.6. The van der Waals surface area contributed by atoms with Gasteiger partial charge >= 0.3 is 11.8 Å². The third kappa shape index (κ3) is 4.13. The minimum atomic E-state index is -0.867. The number of non-ortho nitro benzene ring substituents is 1. The van der Waals surface area contributed by atoms with Crippen molar-refractivity contribution in [1.29, 1.82) is 0 Å². The van der Waals surface area contributed by atoms with E-state index in [2.05, 4.69) is 26.6 Å². The molecule has 22 heavy (non-hydrogen) atoms. The highest BCUT2D eigenvalue weighted by Gasteiger charge is 2.14. The Bertz CT molecular complexity index is 731. The van der Waals surface area contributed by atoms with Crippen molar-refractivity contribution in [3.05, 3.63) is 63.1 Å². The van der Waals surface area contributed by atoms with Gasteiger partial charge in [0.05, 0.1) is 4.92 Å². The zero-order valence-electron chi connectivity index (χ0n) is 11.1. The van der Waals surface area contributed by atoms with Gasteiger partial charge in [0.25, 0.3) is 5.69 Å². The van der Waals surface area contributed by atoms with Crippen molar-refractivity contribution >= 4 is 44.8 Å². The average molecular weight is 364 g/mol. The average Bonchev–Trinajstić information content (AvgIpc) is 2.47. The number of hydrogen-bond donors (Lipinski definition) is 2. The number of rotatable bonds is 3. The summed E-state index contributed by atoms with van der Waals surface area (Å²) in [5.74, 6) is -1.70. The molecular formula is C14H10BrN3O4. The SMILES string of the molecule is O=C(Nc1ccc([N+](=O)[O-])cc1)C(=O)Nc1cccc(Br)c1. The summed E-state index contributed by atoms with van der Waals surface area (Å²) in [6.45, 7) is 0. The monoisotopic (exact) mass is 363 g/mol. The van der Waals surface area contributed by atoms with Crippen molar-refractivity contribution in [2.75, 3.05) is 10.6 Å². The second-order valence-corrected chi connectivity index (χ2v) is 5.14. The van der Waals surface area contributed by atoms with Gasteiger partial charge in [0.2, 0.25) is 0 Å². The van der Waals surface area contributed by atoms with E-state index in [9.17, 15) is 19.7 Å². The van der Waals surface area contributed by atoms with Crippen molar-refractivity contribution in [3.8, 4) is 0 Å². The Hall–Kier alpha value is -2.74. The van der Waals surface area contributed by atoms with E-state index in [0.717, 1.165) is 4.47 Å². The number of nitro benzene ring substituents is 1. The van der Waals surface area contributed by atoms with Crippen LogP contribution in [0.2, 0.25) is 0 Å². The zero-order valence-corrected chi connectivity index (χ0v) is 12.7. The van der Waals surface area contributed by atoms with Gasteiger partial charge < -0.3 is 10.6 Å². The molecule has 0 saturated carbocycles. The molecule has 2 rings (SSSR count). The summed E-state index contributed by atoms with van der Waals surface area (Å²) in [6, 6.07) is 12.0. The summed E-state index contributed by atoms with van der Waals surface area (Å²) in [4.78, 5) is 33.5. The summed E-state index contributed by atoms with van der Waals surface area (Å²) in [7, 11) is 0. The fourth-order valence-corrected chi connectivity index (χ4v) is 2.01. The molecule has 0 aliphatic rings. The highest BCUT2D eigenvalue weighted by Crippen LogP contribution is 2.17. The van der Waals surface area contributed by atoms with Gasteiger partial charge in [0, 0.05) is 28.0 Å². The fraction of sp³-hybridized carbons (Fsp3) is 0. The molecule has 2 aromatic rings. The lowest BCUT2D eigenvalue weighted by molar-refractivity contribution is -0.384. The van der Waals surface area contributed by atoms with E-state index >= 15 is 0 Å². The Morgan fingerprint density at radius 2 is 1.55 bits per heavy atom. The number of anilines is 2. The van der Waals surface area contributed by atoms with Gasteiger partial charge in [-0.05, 0) is 30.3 Å². The van der Waals surface area contributed by atoms with Crippen LogP contribution in [0.1, 0.15) is 0 Å². The lowest BCUT2D eigenvalue weighted by atomic mass is 10.3. The molecule has 0 unspecified atom stereocenters. The molecule has 0 aliphatic heterocycles. The topological polar surface area (TPSA) is 101 Å². The standard InChI is InChI=1S/C14H10BrN3O4/c15-9-2-1-3-11(8-9)17-14(20)13(19)16-10-4-6-12(7-5-10)18(21)22/h1-8H,(H,16,19)(H,17,20). The summed E-state index contributed by atoms with van der Waals surface area (Å²) >= 11 is 3.25. The Balaban J connectivity index is 1.99. The van der Waals surface area contributed by atoms with E-state index in [1.807, 2.05) is 0 Å². The van der Waals surface area contributed by atoms with Gasteiger partial charge in [-0.25, -0.2) is 0 Å². The predicted octanol–water partition coefficient (Wildman–Crippen LogP) is 2.93. The van der Waals surface area contributed by atoms with Crippen LogP contribution in [0.25, 0.3) is 0 Å². The van der Waals surface area contributed by atoms with Gasteiger partial charge in [-0.15, -0.1) is 0 Å². The van der Waals surface area contributed by atoms with Gasteiger partial charge in [0.15, 0.2) is 0 Å². The van der Waals surface area contributed by atoms with Crippen molar-refractivity contribution < 1.29 is 14.5 Å². The molecule has 0 spiro atoms. The number of carbonyl (C=O) groups excluding carboxylic acids is 2. The number of nitrogens with one attached hydrogen (secondary N) is 2. The molecule has 2 amide bonds. The molecular weight excluding hydrogens is 354 g/mol. The molecule has 0 saturated heterocycles. The molecule has 0 aliphatic carbocycles. The van der Waals surface area contributed by atoms with Crippen LogP contribution in [0.15, 0.2) is 53.0 Å². The van der Waals surface area contributed by atoms with Crippen LogP contribution >= 0.6 is 15.9 Å². The van der Waals surface area contributed by atoms with Crippen LogP contribution in [-0.2, 0) is 9.59 Å². The van der Waals surface area contributed by atoms with Gasteiger partial charge in [-0.3, -0.25) is 19.7 Å². The molecule has 0 radical (unpaired) electrons. The lowest BCUT2D eigenvalue weighted by Gasteiger charge is -2.06. The maximum atomic E-state index is 11.8. The molecule has 8 heteroatoms. The second-order valence-electron chi connectivity index (χ2n) is 4.22. The summed E-state index contributed by atoms with van der Waals surface area (Å²) in [6.07, 6.45) is 0. The van der Waals surface area contributed by atoms with Crippen molar-refractivity contribution in [2.24, 2.45) is 0 Å². The van der Waals surface area contributed by atoms with Crippen LogP contribution in [-0.4, -0.2) is 16.7 Å². The number of hydrogen-bond acceptors (Lipinski definition) is 4. The van der Waals surface area contributed by atoms with E-state index in [1.54, 1.807) is 24.3 Å². The first-order valence-electron chi connectivity index (χ1n) is 6.08. The van der Waals surface area contributed by atoms with Crippen LogP contribution in [0, 0.1) is 10.1 Å². The molecule has 0 heterocycles. The summed E-state index contributed by atoms with van der Waals surface area (Å²) in [5.41, 5.74) is 0.662. The van der Waals surface area contributed by atoms with Gasteiger partial charge in [-0.1, -0.05) is 22.0 Å². The maximum Gasteiger partial charge on any atom is 0.314 e. The fourth-order valence-electron chi connectivity index (χ4n) is 1.61. The number of amides is 2. The van der Waals surface area contributed by atoms with Crippen molar-refractivity contribution in [3.63, 3.8) is 0 Å². The predicted molar refractivity (Wildman–Crippen MR) is 84.5 cm³/mol. The molecule has 0 fully saturated rings. The maximum absolute atomic E-state index is 11.8. The van der Waals surface area contributed by atoms with E-state index in [4.69, 9.17) is 0 Å². The minimum absolute atomic E-state index is 0.100. The van der Waals surface area contributed by atoms with Crippen molar-refractivity contribution in [2.45, 2.75) is 0 Å². The summed E-state index contributed by atoms with van der Waals surface area (Å²) < 4.78 is 0.765. The number of nitro groups is 1. The number of nitrogens with zero attached hydrogens (tertiary/aromatic N) is 1.